The zero-order chi connectivity index (χ0) is 21.1. The number of hydrogen-bond donors (Lipinski definition) is 0. The fourth-order valence-corrected chi connectivity index (χ4v) is 3.33. The molecule has 0 saturated carbocycles. The van der Waals surface area contributed by atoms with E-state index in [1.54, 1.807) is 25.0 Å². The summed E-state index contributed by atoms with van der Waals surface area (Å²) in [5, 5.41) is 4.81. The van der Waals surface area contributed by atoms with Crippen molar-refractivity contribution in [2.24, 2.45) is 0 Å². The van der Waals surface area contributed by atoms with Gasteiger partial charge in [0.15, 0.2) is 0 Å². The summed E-state index contributed by atoms with van der Waals surface area (Å²) in [5.74, 6) is 0.941. The van der Waals surface area contributed by atoms with Gasteiger partial charge in [-0.15, -0.1) is 0 Å². The molecule has 6 nitrogen and oxygen atoms in total. The Kier molecular flexibility index (Phi) is 5.23. The first-order valence-electron chi connectivity index (χ1n) is 9.71. The summed E-state index contributed by atoms with van der Waals surface area (Å²) in [5.41, 5.74) is 4.25. The van der Waals surface area contributed by atoms with Gasteiger partial charge in [0.2, 0.25) is 11.8 Å². The predicted octanol–water partition coefficient (Wildman–Crippen LogP) is 4.67. The summed E-state index contributed by atoms with van der Waals surface area (Å²) >= 11 is 0. The SMILES string of the molecule is COc1ccc(-n2ccc(C(C)(C)c3cccc(-c4ccccc4)n3)n2)c(OC)n1. The van der Waals surface area contributed by atoms with Crippen LogP contribution in [-0.4, -0.2) is 34.0 Å². The fourth-order valence-electron chi connectivity index (χ4n) is 3.33. The van der Waals surface area contributed by atoms with E-state index in [1.165, 1.54) is 0 Å². The van der Waals surface area contributed by atoms with E-state index < -0.39 is 0 Å². The molecule has 0 aliphatic carbocycles. The number of hydrogen-bond acceptors (Lipinski definition) is 5. The van der Waals surface area contributed by atoms with Crippen molar-refractivity contribution in [1.29, 1.82) is 0 Å². The standard InChI is InChI=1S/C24H24N4O2/c1-24(2,20-12-8-11-18(25-20)17-9-6-5-7-10-17)21-15-16-28(27-21)19-13-14-22(29-3)26-23(19)30-4/h5-16H,1-4H3. The Balaban J connectivity index is 1.70. The smallest absolute Gasteiger partial charge is 0.243 e. The number of nitrogens with zero attached hydrogens (tertiary/aromatic N) is 4. The number of ether oxygens (including phenoxy) is 2. The Hall–Kier alpha value is -3.67. The zero-order valence-electron chi connectivity index (χ0n) is 17.5. The third-order valence-corrected chi connectivity index (χ3v) is 5.15. The van der Waals surface area contributed by atoms with Crippen LogP contribution < -0.4 is 9.47 Å². The summed E-state index contributed by atoms with van der Waals surface area (Å²) in [7, 11) is 3.16. The molecule has 152 valence electrons. The molecule has 6 heteroatoms. The van der Waals surface area contributed by atoms with Crippen LogP contribution in [0.2, 0.25) is 0 Å². The van der Waals surface area contributed by atoms with Crippen molar-refractivity contribution in [3.05, 3.63) is 84.3 Å². The molecule has 0 aliphatic heterocycles. The lowest BCUT2D eigenvalue weighted by Gasteiger charge is -2.22. The average Bonchev–Trinajstić information content (AvgIpc) is 3.30. The molecule has 0 saturated heterocycles. The van der Waals surface area contributed by atoms with Gasteiger partial charge in [-0.2, -0.15) is 10.1 Å². The molecule has 0 radical (unpaired) electrons. The van der Waals surface area contributed by atoms with Crippen LogP contribution >= 0.6 is 0 Å². The molecule has 30 heavy (non-hydrogen) atoms. The molecule has 0 N–H and O–H groups in total. The third-order valence-electron chi connectivity index (χ3n) is 5.15. The summed E-state index contributed by atoms with van der Waals surface area (Å²) in [6.45, 7) is 4.25. The number of rotatable bonds is 6. The Morgan fingerprint density at radius 3 is 2.30 bits per heavy atom. The molecule has 0 atom stereocenters. The van der Waals surface area contributed by atoms with Crippen molar-refractivity contribution in [3.63, 3.8) is 0 Å². The second-order valence-corrected chi connectivity index (χ2v) is 7.43. The maximum absolute atomic E-state index is 5.42. The molecule has 0 fully saturated rings. The first-order valence-corrected chi connectivity index (χ1v) is 9.71. The number of pyridine rings is 2. The first kappa shape index (κ1) is 19.6. The van der Waals surface area contributed by atoms with Gasteiger partial charge in [-0.3, -0.25) is 4.98 Å². The van der Waals surface area contributed by atoms with Crippen LogP contribution in [0.4, 0.5) is 0 Å². The van der Waals surface area contributed by atoms with Crippen LogP contribution in [0.1, 0.15) is 25.2 Å². The highest BCUT2D eigenvalue weighted by Gasteiger charge is 2.28. The molecule has 4 rings (SSSR count). The summed E-state index contributed by atoms with van der Waals surface area (Å²) in [4.78, 5) is 9.27. The van der Waals surface area contributed by atoms with Crippen molar-refractivity contribution in [2.45, 2.75) is 19.3 Å². The van der Waals surface area contributed by atoms with E-state index in [1.807, 2.05) is 54.7 Å². The minimum absolute atomic E-state index is 0.386. The van der Waals surface area contributed by atoms with Crippen molar-refractivity contribution in [3.8, 4) is 28.7 Å². The van der Waals surface area contributed by atoms with Gasteiger partial charge in [0.25, 0.3) is 0 Å². The molecular weight excluding hydrogens is 376 g/mol. The summed E-state index contributed by atoms with van der Waals surface area (Å²) in [6, 6.07) is 22.0. The van der Waals surface area contributed by atoms with Gasteiger partial charge < -0.3 is 9.47 Å². The molecule has 0 spiro atoms. The van der Waals surface area contributed by atoms with Crippen LogP contribution in [0, 0.1) is 0 Å². The maximum atomic E-state index is 5.42. The van der Waals surface area contributed by atoms with Crippen molar-refractivity contribution < 1.29 is 9.47 Å². The second kappa shape index (κ2) is 7.99. The molecule has 3 heterocycles. The Morgan fingerprint density at radius 2 is 1.57 bits per heavy atom. The van der Waals surface area contributed by atoms with E-state index in [-0.39, 0.29) is 5.41 Å². The van der Waals surface area contributed by atoms with E-state index in [9.17, 15) is 0 Å². The Bertz CT molecular complexity index is 1150. The molecule has 0 aliphatic rings. The summed E-state index contributed by atoms with van der Waals surface area (Å²) in [6.07, 6.45) is 1.91. The van der Waals surface area contributed by atoms with Gasteiger partial charge in [0.1, 0.15) is 5.69 Å². The van der Waals surface area contributed by atoms with Gasteiger partial charge in [-0.1, -0.05) is 36.4 Å². The van der Waals surface area contributed by atoms with E-state index >= 15 is 0 Å². The van der Waals surface area contributed by atoms with Gasteiger partial charge in [0, 0.05) is 17.8 Å². The molecule has 0 amide bonds. The minimum Gasteiger partial charge on any atom is -0.481 e. The van der Waals surface area contributed by atoms with Crippen LogP contribution in [0.15, 0.2) is 72.9 Å². The molecule has 1 aromatic carbocycles. The molecule has 0 bridgehead atoms. The second-order valence-electron chi connectivity index (χ2n) is 7.43. The minimum atomic E-state index is -0.386. The monoisotopic (exact) mass is 400 g/mol. The fraction of sp³-hybridized carbons (Fsp3) is 0.208. The van der Waals surface area contributed by atoms with Crippen molar-refractivity contribution in [2.75, 3.05) is 14.2 Å². The lowest BCUT2D eigenvalue weighted by molar-refractivity contribution is 0.362. The quantitative estimate of drug-likeness (QED) is 0.471. The highest BCUT2D eigenvalue weighted by Crippen LogP contribution is 2.32. The summed E-state index contributed by atoms with van der Waals surface area (Å²) < 4.78 is 12.4. The number of aromatic nitrogens is 4. The molecule has 3 aromatic heterocycles. The highest BCUT2D eigenvalue weighted by atomic mass is 16.5. The lowest BCUT2D eigenvalue weighted by atomic mass is 9.85. The largest absolute Gasteiger partial charge is 0.481 e. The third kappa shape index (κ3) is 3.64. The topological polar surface area (TPSA) is 62.1 Å². The molecule has 0 unspecified atom stereocenters. The van der Waals surface area contributed by atoms with Crippen LogP contribution in [-0.2, 0) is 5.41 Å². The van der Waals surface area contributed by atoms with E-state index in [0.29, 0.717) is 11.8 Å². The van der Waals surface area contributed by atoms with Gasteiger partial charge in [-0.05, 0) is 38.1 Å². The van der Waals surface area contributed by atoms with Gasteiger partial charge in [0.05, 0.1) is 36.7 Å². The van der Waals surface area contributed by atoms with Crippen LogP contribution in [0.3, 0.4) is 0 Å². The Morgan fingerprint density at radius 1 is 0.767 bits per heavy atom. The van der Waals surface area contributed by atoms with E-state index in [4.69, 9.17) is 19.6 Å². The van der Waals surface area contributed by atoms with Crippen LogP contribution in [0.5, 0.6) is 11.8 Å². The van der Waals surface area contributed by atoms with Crippen molar-refractivity contribution >= 4 is 0 Å². The number of benzene rings is 1. The molecular formula is C24H24N4O2. The predicted molar refractivity (Wildman–Crippen MR) is 116 cm³/mol. The normalized spacial score (nSPS) is 11.3. The average molecular weight is 400 g/mol. The maximum Gasteiger partial charge on any atom is 0.243 e. The Labute approximate surface area is 176 Å². The van der Waals surface area contributed by atoms with E-state index in [0.717, 1.165) is 28.3 Å². The van der Waals surface area contributed by atoms with Gasteiger partial charge in [-0.25, -0.2) is 4.68 Å². The number of methoxy groups -OCH3 is 2. The zero-order valence-corrected chi connectivity index (χ0v) is 17.5. The highest BCUT2D eigenvalue weighted by molar-refractivity contribution is 5.59. The van der Waals surface area contributed by atoms with Gasteiger partial charge >= 0.3 is 0 Å². The lowest BCUT2D eigenvalue weighted by Crippen LogP contribution is -2.22. The van der Waals surface area contributed by atoms with Crippen molar-refractivity contribution in [1.82, 2.24) is 19.7 Å². The molecule has 4 aromatic rings. The van der Waals surface area contributed by atoms with Crippen LogP contribution in [0.25, 0.3) is 16.9 Å². The first-order chi connectivity index (χ1) is 14.5. The van der Waals surface area contributed by atoms with E-state index in [2.05, 4.69) is 31.0 Å².